The van der Waals surface area contributed by atoms with Crippen LogP contribution >= 0.6 is 0 Å². The molecule has 4 N–H and O–H groups in total. The normalized spacial score (nSPS) is 18.0. The first kappa shape index (κ1) is 11.0. The van der Waals surface area contributed by atoms with Crippen molar-refractivity contribution in [2.45, 2.75) is 31.8 Å². The van der Waals surface area contributed by atoms with E-state index in [1.54, 1.807) is 0 Å². The van der Waals surface area contributed by atoms with E-state index >= 15 is 0 Å². The van der Waals surface area contributed by atoms with Gasteiger partial charge in [0.15, 0.2) is 0 Å². The molecule has 1 aromatic carbocycles. The summed E-state index contributed by atoms with van der Waals surface area (Å²) >= 11 is 0. The maximum absolute atomic E-state index is 5.43. The van der Waals surface area contributed by atoms with E-state index in [9.17, 15) is 0 Å². The van der Waals surface area contributed by atoms with Crippen molar-refractivity contribution in [2.75, 3.05) is 0 Å². The summed E-state index contributed by atoms with van der Waals surface area (Å²) < 4.78 is 0. The van der Waals surface area contributed by atoms with Gasteiger partial charge in [0, 0.05) is 0 Å². The van der Waals surface area contributed by atoms with Crippen molar-refractivity contribution in [3.05, 3.63) is 35.9 Å². The molecule has 16 heavy (non-hydrogen) atoms. The van der Waals surface area contributed by atoms with Gasteiger partial charge in [0.2, 0.25) is 5.96 Å². The first-order valence-electron chi connectivity index (χ1n) is 5.65. The van der Waals surface area contributed by atoms with Crippen LogP contribution < -0.4 is 16.6 Å². The fourth-order valence-corrected chi connectivity index (χ4v) is 1.53. The molecule has 4 nitrogen and oxygen atoms in total. The predicted molar refractivity (Wildman–Crippen MR) is 65.8 cm³/mol. The Morgan fingerprint density at radius 2 is 2.06 bits per heavy atom. The molecule has 0 aromatic heterocycles. The monoisotopic (exact) mass is 218 g/mol. The summed E-state index contributed by atoms with van der Waals surface area (Å²) in [5.41, 5.74) is 3.84. The molecule has 0 heterocycles. The van der Waals surface area contributed by atoms with Gasteiger partial charge >= 0.3 is 0 Å². The van der Waals surface area contributed by atoms with E-state index in [0.29, 0.717) is 12.0 Å². The maximum Gasteiger partial charge on any atom is 0.206 e. The summed E-state index contributed by atoms with van der Waals surface area (Å²) in [5, 5.41) is 3.27. The first-order valence-corrected chi connectivity index (χ1v) is 5.65. The van der Waals surface area contributed by atoms with Crippen LogP contribution in [0.25, 0.3) is 0 Å². The molecule has 1 unspecified atom stereocenters. The zero-order valence-electron chi connectivity index (χ0n) is 9.48. The number of nitrogens with two attached hydrogens (primary N) is 1. The molecule has 0 saturated heterocycles. The van der Waals surface area contributed by atoms with Crippen molar-refractivity contribution in [2.24, 2.45) is 10.8 Å². The Morgan fingerprint density at radius 1 is 1.38 bits per heavy atom. The highest BCUT2D eigenvalue weighted by molar-refractivity contribution is 5.80. The number of hydrogen-bond acceptors (Lipinski definition) is 2. The third kappa shape index (κ3) is 2.97. The van der Waals surface area contributed by atoms with Crippen LogP contribution in [0.5, 0.6) is 0 Å². The molecule has 1 atom stereocenters. The van der Waals surface area contributed by atoms with Gasteiger partial charge in [-0.2, -0.15) is 0 Å². The summed E-state index contributed by atoms with van der Waals surface area (Å²) in [7, 11) is 0. The summed E-state index contributed by atoms with van der Waals surface area (Å²) in [6.45, 7) is 2.09. The molecule has 0 spiro atoms. The quantitative estimate of drug-likeness (QED) is 0.310. The van der Waals surface area contributed by atoms with E-state index in [1.165, 1.54) is 18.4 Å². The van der Waals surface area contributed by atoms with E-state index in [1.807, 2.05) is 18.2 Å². The summed E-state index contributed by atoms with van der Waals surface area (Å²) in [4.78, 5) is 4.44. The van der Waals surface area contributed by atoms with Crippen molar-refractivity contribution < 1.29 is 0 Å². The zero-order valence-corrected chi connectivity index (χ0v) is 9.48. The Hall–Kier alpha value is -1.55. The fraction of sp³-hybridized carbons (Fsp3) is 0.417. The third-order valence-electron chi connectivity index (χ3n) is 2.65. The van der Waals surface area contributed by atoms with E-state index in [0.717, 1.165) is 0 Å². The zero-order chi connectivity index (χ0) is 11.4. The molecule has 4 heteroatoms. The number of hydrazine groups is 1. The second kappa shape index (κ2) is 4.99. The minimum Gasteiger partial charge on any atom is -0.349 e. The molecular formula is C12H18N4. The SMILES string of the molecule is CC(NC(=NC1CC1)NN)c1ccccc1. The van der Waals surface area contributed by atoms with Gasteiger partial charge in [-0.25, -0.2) is 10.8 Å². The lowest BCUT2D eigenvalue weighted by atomic mass is 10.1. The lowest BCUT2D eigenvalue weighted by molar-refractivity contribution is 0.687. The van der Waals surface area contributed by atoms with Crippen molar-refractivity contribution in [1.29, 1.82) is 0 Å². The molecule has 0 aliphatic heterocycles. The van der Waals surface area contributed by atoms with Crippen LogP contribution in [0.4, 0.5) is 0 Å². The molecule has 1 aliphatic carbocycles. The molecule has 2 rings (SSSR count). The molecule has 1 saturated carbocycles. The fourth-order valence-electron chi connectivity index (χ4n) is 1.53. The molecule has 1 aromatic rings. The molecule has 0 radical (unpaired) electrons. The highest BCUT2D eigenvalue weighted by Crippen LogP contribution is 2.23. The van der Waals surface area contributed by atoms with Crippen molar-refractivity contribution in [3.63, 3.8) is 0 Å². The van der Waals surface area contributed by atoms with Crippen LogP contribution in [-0.4, -0.2) is 12.0 Å². The van der Waals surface area contributed by atoms with Gasteiger partial charge in [-0.3, -0.25) is 5.43 Å². The number of nitrogens with zero attached hydrogens (tertiary/aromatic N) is 1. The Balaban J connectivity index is 1.97. The smallest absolute Gasteiger partial charge is 0.206 e. The van der Waals surface area contributed by atoms with E-state index < -0.39 is 0 Å². The molecular weight excluding hydrogens is 200 g/mol. The number of guanidine groups is 1. The number of benzene rings is 1. The topological polar surface area (TPSA) is 62.4 Å². The molecule has 0 bridgehead atoms. The van der Waals surface area contributed by atoms with Gasteiger partial charge in [0.25, 0.3) is 0 Å². The maximum atomic E-state index is 5.43. The van der Waals surface area contributed by atoms with E-state index in [4.69, 9.17) is 5.84 Å². The molecule has 86 valence electrons. The predicted octanol–water partition coefficient (Wildman–Crippen LogP) is 1.32. The number of hydrogen-bond donors (Lipinski definition) is 3. The lowest BCUT2D eigenvalue weighted by Crippen LogP contribution is -2.42. The number of aliphatic imine (C=N–C) groups is 1. The van der Waals surface area contributed by atoms with Crippen molar-refractivity contribution in [1.82, 2.24) is 10.7 Å². The van der Waals surface area contributed by atoms with Crippen molar-refractivity contribution >= 4 is 5.96 Å². The van der Waals surface area contributed by atoms with E-state index in [-0.39, 0.29) is 6.04 Å². The molecule has 1 fully saturated rings. The van der Waals surface area contributed by atoms with Gasteiger partial charge in [0.1, 0.15) is 0 Å². The van der Waals surface area contributed by atoms with Crippen LogP contribution in [0.15, 0.2) is 35.3 Å². The van der Waals surface area contributed by atoms with Crippen LogP contribution in [0.2, 0.25) is 0 Å². The van der Waals surface area contributed by atoms with Gasteiger partial charge in [0.05, 0.1) is 12.1 Å². The van der Waals surface area contributed by atoms with Crippen LogP contribution in [0.1, 0.15) is 31.4 Å². The average Bonchev–Trinajstić information content (AvgIpc) is 3.13. The second-order valence-electron chi connectivity index (χ2n) is 4.13. The third-order valence-corrected chi connectivity index (χ3v) is 2.65. The van der Waals surface area contributed by atoms with Crippen LogP contribution in [0, 0.1) is 0 Å². The highest BCUT2D eigenvalue weighted by Gasteiger charge is 2.21. The summed E-state index contributed by atoms with van der Waals surface area (Å²) in [6, 6.07) is 10.9. The van der Waals surface area contributed by atoms with Crippen LogP contribution in [0.3, 0.4) is 0 Å². The van der Waals surface area contributed by atoms with Crippen molar-refractivity contribution in [3.8, 4) is 0 Å². The minimum absolute atomic E-state index is 0.203. The lowest BCUT2D eigenvalue weighted by Gasteiger charge is -2.16. The Morgan fingerprint density at radius 3 is 2.62 bits per heavy atom. The summed E-state index contributed by atoms with van der Waals surface area (Å²) in [6.07, 6.45) is 2.35. The van der Waals surface area contributed by atoms with Gasteiger partial charge in [-0.1, -0.05) is 30.3 Å². The molecule has 1 aliphatic rings. The summed E-state index contributed by atoms with van der Waals surface area (Å²) in [5.74, 6) is 6.11. The number of nitrogens with one attached hydrogen (secondary N) is 2. The van der Waals surface area contributed by atoms with Gasteiger partial charge < -0.3 is 5.32 Å². The Kier molecular flexibility index (Phi) is 3.41. The molecule has 0 amide bonds. The highest BCUT2D eigenvalue weighted by atomic mass is 15.3. The van der Waals surface area contributed by atoms with Crippen LogP contribution in [-0.2, 0) is 0 Å². The standard InChI is InChI=1S/C12H18N4/c1-9(10-5-3-2-4-6-10)14-12(16-13)15-11-7-8-11/h2-6,9,11H,7-8,13H2,1H3,(H2,14,15,16). The Labute approximate surface area is 95.9 Å². The first-order chi connectivity index (χ1) is 7.79. The largest absolute Gasteiger partial charge is 0.349 e. The average molecular weight is 218 g/mol. The Bertz CT molecular complexity index is 357. The second-order valence-corrected chi connectivity index (χ2v) is 4.13. The minimum atomic E-state index is 0.203. The van der Waals surface area contributed by atoms with E-state index in [2.05, 4.69) is 34.8 Å². The van der Waals surface area contributed by atoms with Gasteiger partial charge in [-0.15, -0.1) is 0 Å². The number of rotatable bonds is 3. The van der Waals surface area contributed by atoms with Gasteiger partial charge in [-0.05, 0) is 25.3 Å².